The molecule has 19 heavy (non-hydrogen) atoms. The van der Waals surface area contributed by atoms with Crippen molar-refractivity contribution in [1.29, 1.82) is 0 Å². The van der Waals surface area contributed by atoms with E-state index in [1.54, 1.807) is 0 Å². The first-order valence-corrected chi connectivity index (χ1v) is 7.09. The van der Waals surface area contributed by atoms with Gasteiger partial charge in [-0.1, -0.05) is 18.2 Å². The zero-order valence-electron chi connectivity index (χ0n) is 11.2. The number of β-amino-alcohol motifs (C(OH)–C–C–N with tert-alkyl or cyclic N) is 1. The second-order valence-electron chi connectivity index (χ2n) is 5.70. The SMILES string of the molecule is NC1CC2(CCN(CCO)CC2)Oc2ccccc21. The lowest BCUT2D eigenvalue weighted by Crippen LogP contribution is -2.51. The third kappa shape index (κ3) is 2.48. The van der Waals surface area contributed by atoms with Gasteiger partial charge in [0.05, 0.1) is 6.61 Å². The molecule has 104 valence electrons. The molecule has 2 heterocycles. The van der Waals surface area contributed by atoms with Crippen molar-refractivity contribution in [1.82, 2.24) is 4.90 Å². The zero-order chi connectivity index (χ0) is 13.3. The molecule has 1 unspecified atom stereocenters. The molecule has 2 aliphatic heterocycles. The average Bonchev–Trinajstić information content (AvgIpc) is 2.42. The molecule has 0 radical (unpaired) electrons. The highest BCUT2D eigenvalue weighted by Crippen LogP contribution is 2.42. The van der Waals surface area contributed by atoms with Crippen molar-refractivity contribution in [3.63, 3.8) is 0 Å². The third-order valence-corrected chi connectivity index (χ3v) is 4.42. The Morgan fingerprint density at radius 3 is 2.79 bits per heavy atom. The second kappa shape index (κ2) is 5.12. The molecule has 4 heteroatoms. The summed E-state index contributed by atoms with van der Waals surface area (Å²) in [5.74, 6) is 0.955. The molecule has 3 rings (SSSR count). The Kier molecular flexibility index (Phi) is 3.48. The summed E-state index contributed by atoms with van der Waals surface area (Å²) in [6.45, 7) is 2.96. The number of ether oxygens (including phenoxy) is 1. The first kappa shape index (κ1) is 12.9. The average molecular weight is 262 g/mol. The highest BCUT2D eigenvalue weighted by molar-refractivity contribution is 5.38. The summed E-state index contributed by atoms with van der Waals surface area (Å²) in [5, 5.41) is 9.00. The Morgan fingerprint density at radius 2 is 2.05 bits per heavy atom. The van der Waals surface area contributed by atoms with E-state index in [1.807, 2.05) is 18.2 Å². The lowest BCUT2D eigenvalue weighted by Gasteiger charge is -2.46. The van der Waals surface area contributed by atoms with Crippen LogP contribution in [0.3, 0.4) is 0 Å². The summed E-state index contributed by atoms with van der Waals surface area (Å²) in [7, 11) is 0. The molecule has 0 bridgehead atoms. The van der Waals surface area contributed by atoms with Crippen molar-refractivity contribution in [2.75, 3.05) is 26.2 Å². The van der Waals surface area contributed by atoms with Gasteiger partial charge in [-0.2, -0.15) is 0 Å². The van der Waals surface area contributed by atoms with Crippen LogP contribution in [0, 0.1) is 0 Å². The molecular weight excluding hydrogens is 240 g/mol. The van der Waals surface area contributed by atoms with Gasteiger partial charge in [0.15, 0.2) is 0 Å². The molecule has 1 atom stereocenters. The normalized spacial score (nSPS) is 25.9. The van der Waals surface area contributed by atoms with E-state index in [9.17, 15) is 0 Å². The first-order chi connectivity index (χ1) is 9.22. The lowest BCUT2D eigenvalue weighted by atomic mass is 9.81. The molecule has 0 aromatic heterocycles. The molecule has 1 saturated heterocycles. The molecule has 1 aromatic carbocycles. The highest BCUT2D eigenvalue weighted by Gasteiger charge is 2.41. The van der Waals surface area contributed by atoms with Crippen LogP contribution in [0.15, 0.2) is 24.3 Å². The summed E-state index contributed by atoms with van der Waals surface area (Å²) in [6, 6.07) is 8.19. The Balaban J connectivity index is 1.74. The molecule has 0 saturated carbocycles. The number of nitrogens with two attached hydrogens (primary N) is 1. The van der Waals surface area contributed by atoms with Crippen LogP contribution in [0.5, 0.6) is 5.75 Å². The predicted octanol–water partition coefficient (Wildman–Crippen LogP) is 1.30. The van der Waals surface area contributed by atoms with Crippen molar-refractivity contribution >= 4 is 0 Å². The fourth-order valence-corrected chi connectivity index (χ4v) is 3.30. The fraction of sp³-hybridized carbons (Fsp3) is 0.600. The molecular formula is C15H22N2O2. The minimum absolute atomic E-state index is 0.0781. The van der Waals surface area contributed by atoms with E-state index in [0.717, 1.165) is 50.2 Å². The standard InChI is InChI=1S/C15H22N2O2/c16-13-11-15(5-7-17(8-6-15)9-10-18)19-14-4-2-1-3-12(13)14/h1-4,13,18H,5-11,16H2. The van der Waals surface area contributed by atoms with Crippen molar-refractivity contribution in [3.05, 3.63) is 29.8 Å². The van der Waals surface area contributed by atoms with E-state index in [-0.39, 0.29) is 18.2 Å². The van der Waals surface area contributed by atoms with Crippen molar-refractivity contribution in [2.45, 2.75) is 30.9 Å². The number of benzene rings is 1. The van der Waals surface area contributed by atoms with Crippen molar-refractivity contribution in [2.24, 2.45) is 5.73 Å². The Bertz CT molecular complexity index is 442. The number of hydrogen-bond donors (Lipinski definition) is 2. The number of piperidine rings is 1. The summed E-state index contributed by atoms with van der Waals surface area (Å²) in [6.07, 6.45) is 2.89. The molecule has 1 spiro atoms. The lowest BCUT2D eigenvalue weighted by molar-refractivity contribution is -0.0241. The van der Waals surface area contributed by atoms with Gasteiger partial charge in [0.1, 0.15) is 11.4 Å². The molecule has 0 aliphatic carbocycles. The fourth-order valence-electron chi connectivity index (χ4n) is 3.30. The van der Waals surface area contributed by atoms with E-state index in [0.29, 0.717) is 0 Å². The molecule has 0 amide bonds. The number of hydrogen-bond acceptors (Lipinski definition) is 4. The maximum atomic E-state index is 9.00. The zero-order valence-corrected chi connectivity index (χ0v) is 11.2. The van der Waals surface area contributed by atoms with Crippen molar-refractivity contribution < 1.29 is 9.84 Å². The van der Waals surface area contributed by atoms with Gasteiger partial charge in [0.25, 0.3) is 0 Å². The number of para-hydroxylation sites is 1. The maximum Gasteiger partial charge on any atom is 0.124 e. The number of nitrogens with zero attached hydrogens (tertiary/aromatic N) is 1. The topological polar surface area (TPSA) is 58.7 Å². The van der Waals surface area contributed by atoms with Crippen molar-refractivity contribution in [3.8, 4) is 5.75 Å². The number of fused-ring (bicyclic) bond motifs is 1. The summed E-state index contributed by atoms with van der Waals surface area (Å²) in [4.78, 5) is 2.29. The monoisotopic (exact) mass is 262 g/mol. The van der Waals surface area contributed by atoms with Crippen LogP contribution in [-0.4, -0.2) is 41.8 Å². The van der Waals surface area contributed by atoms with Crippen LogP contribution in [0.25, 0.3) is 0 Å². The van der Waals surface area contributed by atoms with Crippen LogP contribution in [0.2, 0.25) is 0 Å². The highest BCUT2D eigenvalue weighted by atomic mass is 16.5. The van der Waals surface area contributed by atoms with Crippen LogP contribution in [-0.2, 0) is 0 Å². The van der Waals surface area contributed by atoms with Gasteiger partial charge in [-0.15, -0.1) is 0 Å². The van der Waals surface area contributed by atoms with E-state index >= 15 is 0 Å². The van der Waals surface area contributed by atoms with E-state index in [4.69, 9.17) is 15.6 Å². The maximum absolute atomic E-state index is 9.00. The van der Waals surface area contributed by atoms with Gasteiger partial charge in [-0.05, 0) is 18.9 Å². The smallest absolute Gasteiger partial charge is 0.124 e. The Hall–Kier alpha value is -1.10. The van der Waals surface area contributed by atoms with E-state index in [2.05, 4.69) is 11.0 Å². The third-order valence-electron chi connectivity index (χ3n) is 4.42. The minimum Gasteiger partial charge on any atom is -0.487 e. The number of aliphatic hydroxyl groups is 1. The largest absolute Gasteiger partial charge is 0.487 e. The van der Waals surface area contributed by atoms with Gasteiger partial charge >= 0.3 is 0 Å². The quantitative estimate of drug-likeness (QED) is 0.843. The second-order valence-corrected chi connectivity index (χ2v) is 5.70. The van der Waals surface area contributed by atoms with Gasteiger partial charge in [0.2, 0.25) is 0 Å². The molecule has 1 aromatic rings. The Morgan fingerprint density at radius 1 is 1.32 bits per heavy atom. The van der Waals surface area contributed by atoms with Gasteiger partial charge in [-0.25, -0.2) is 0 Å². The van der Waals surface area contributed by atoms with E-state index in [1.165, 1.54) is 0 Å². The van der Waals surface area contributed by atoms with E-state index < -0.39 is 0 Å². The molecule has 1 fully saturated rings. The number of rotatable bonds is 2. The van der Waals surface area contributed by atoms with Gasteiger partial charge < -0.3 is 20.5 Å². The summed E-state index contributed by atoms with van der Waals surface area (Å²) < 4.78 is 6.29. The van der Waals surface area contributed by atoms with Gasteiger partial charge in [-0.3, -0.25) is 0 Å². The molecule has 2 aliphatic rings. The van der Waals surface area contributed by atoms with Crippen LogP contribution >= 0.6 is 0 Å². The summed E-state index contributed by atoms with van der Waals surface area (Å²) >= 11 is 0. The number of aliphatic hydroxyl groups excluding tert-OH is 1. The predicted molar refractivity (Wildman–Crippen MR) is 74.1 cm³/mol. The van der Waals surface area contributed by atoms with Crippen LogP contribution < -0.4 is 10.5 Å². The Labute approximate surface area is 114 Å². The van der Waals surface area contributed by atoms with Gasteiger partial charge in [0, 0.05) is 37.7 Å². The van der Waals surface area contributed by atoms with Crippen LogP contribution in [0.4, 0.5) is 0 Å². The molecule has 3 N–H and O–H groups in total. The summed E-state index contributed by atoms with van der Waals surface area (Å²) in [5.41, 5.74) is 7.34. The first-order valence-electron chi connectivity index (χ1n) is 7.09. The van der Waals surface area contributed by atoms with Crippen LogP contribution in [0.1, 0.15) is 30.9 Å². The minimum atomic E-state index is -0.0975. The molecule has 4 nitrogen and oxygen atoms in total. The number of likely N-dealkylation sites (tertiary alicyclic amines) is 1.